The molecule has 0 spiro atoms. The molecule has 0 radical (unpaired) electrons. The van der Waals surface area contributed by atoms with Gasteiger partial charge in [-0.05, 0) is 5.92 Å². The molecule has 0 bridgehead atoms. The van der Waals surface area contributed by atoms with Gasteiger partial charge in [0.1, 0.15) is 0 Å². The van der Waals surface area contributed by atoms with Crippen molar-refractivity contribution in [1.29, 1.82) is 0 Å². The summed E-state index contributed by atoms with van der Waals surface area (Å²) in [7, 11) is 0. The zero-order valence-corrected chi connectivity index (χ0v) is 17.9. The molecule has 1 aliphatic carbocycles. The quantitative estimate of drug-likeness (QED) is 0.268. The first kappa shape index (κ1) is 21.1. The monoisotopic (exact) mass is 503 g/mol. The first-order valence-electron chi connectivity index (χ1n) is 8.90. The van der Waals surface area contributed by atoms with Crippen molar-refractivity contribution < 1.29 is 24.1 Å². The van der Waals surface area contributed by atoms with Crippen molar-refractivity contribution in [2.24, 2.45) is 28.3 Å². The maximum atomic E-state index is 10.6. The standard InChI is InChI=1S/C11H17N4O.C7H14.W/c1-8-4-3-5-15(7-8)9(2)14-10(12)6-11(13)16;1-7-5-3-2-4-6-7;/h2,8H,3-5,7,12H2,1H3,(H2,13,16);7H,2-6H2,1H3;/q-1;;/b14-9+;;. The fourth-order valence-electron chi connectivity index (χ4n) is 3.15. The SMILES string of the molecule is CC1CCCCC1.CC1CCCN(/C([CH]=[W])=N/C(N)=[C-]C(N)=O)C1. The Labute approximate surface area is 157 Å². The van der Waals surface area contributed by atoms with Crippen LogP contribution in [0.15, 0.2) is 10.8 Å². The molecule has 6 heteroatoms. The van der Waals surface area contributed by atoms with Gasteiger partial charge in [0, 0.05) is 0 Å². The average Bonchev–Trinajstić information content (AvgIpc) is 2.53. The molecule has 0 aromatic rings. The van der Waals surface area contributed by atoms with Gasteiger partial charge in [-0.15, -0.1) is 0 Å². The molecule has 1 unspecified atom stereocenters. The molecule has 1 heterocycles. The fourth-order valence-corrected chi connectivity index (χ4v) is 3.88. The molecule has 2 rings (SSSR count). The van der Waals surface area contributed by atoms with Gasteiger partial charge in [-0.1, -0.05) is 39.0 Å². The van der Waals surface area contributed by atoms with Crippen LogP contribution in [0, 0.1) is 17.9 Å². The van der Waals surface area contributed by atoms with Crippen LogP contribution in [0.1, 0.15) is 58.8 Å². The number of rotatable bonds is 3. The molecule has 2 aliphatic rings. The molecule has 136 valence electrons. The van der Waals surface area contributed by atoms with Crippen LogP contribution in [-0.4, -0.2) is 34.1 Å². The summed E-state index contributed by atoms with van der Waals surface area (Å²) in [5, 5.41) is 0. The molecular formula is C18H31N4OW-. The summed E-state index contributed by atoms with van der Waals surface area (Å²) in [6.45, 7) is 6.55. The summed E-state index contributed by atoms with van der Waals surface area (Å²) in [5.41, 5.74) is 10.5. The van der Waals surface area contributed by atoms with Crippen molar-refractivity contribution in [1.82, 2.24) is 4.90 Å². The van der Waals surface area contributed by atoms with E-state index < -0.39 is 5.91 Å². The Morgan fingerprint density at radius 2 is 1.75 bits per heavy atom. The molecule has 1 aliphatic heterocycles. The van der Waals surface area contributed by atoms with E-state index in [2.05, 4.69) is 29.8 Å². The molecule has 1 saturated heterocycles. The zero-order chi connectivity index (χ0) is 17.9. The van der Waals surface area contributed by atoms with Crippen LogP contribution in [0.4, 0.5) is 0 Å². The molecule has 0 aromatic carbocycles. The summed E-state index contributed by atoms with van der Waals surface area (Å²) in [6, 6.07) is 0. The number of hydrogen-bond acceptors (Lipinski definition) is 3. The van der Waals surface area contributed by atoms with Crippen LogP contribution >= 0.6 is 0 Å². The van der Waals surface area contributed by atoms with Crippen LogP contribution in [0.2, 0.25) is 0 Å². The number of primary amides is 1. The van der Waals surface area contributed by atoms with Gasteiger partial charge in [0.05, 0.1) is 0 Å². The minimum atomic E-state index is -0.693. The Balaban J connectivity index is 0.000000341. The second-order valence-electron chi connectivity index (χ2n) is 6.90. The van der Waals surface area contributed by atoms with Crippen molar-refractivity contribution in [3.8, 4) is 0 Å². The van der Waals surface area contributed by atoms with Gasteiger partial charge >= 0.3 is 112 Å². The molecular weight excluding hydrogens is 472 g/mol. The summed E-state index contributed by atoms with van der Waals surface area (Å²) in [4.78, 5) is 17.0. The third-order valence-corrected chi connectivity index (χ3v) is 5.22. The van der Waals surface area contributed by atoms with Crippen LogP contribution in [0.3, 0.4) is 0 Å². The van der Waals surface area contributed by atoms with Crippen LogP contribution in [0.5, 0.6) is 0 Å². The number of amidine groups is 1. The van der Waals surface area contributed by atoms with Gasteiger partial charge in [-0.2, -0.15) is 0 Å². The van der Waals surface area contributed by atoms with Crippen LogP contribution in [0.25, 0.3) is 0 Å². The van der Waals surface area contributed by atoms with Crippen molar-refractivity contribution in [2.45, 2.75) is 58.8 Å². The predicted molar refractivity (Wildman–Crippen MR) is 95.9 cm³/mol. The molecule has 1 amide bonds. The van der Waals surface area contributed by atoms with Crippen molar-refractivity contribution in [3.63, 3.8) is 0 Å². The minimum absolute atomic E-state index is 0.0447. The molecule has 0 aromatic heterocycles. The summed E-state index contributed by atoms with van der Waals surface area (Å²) < 4.78 is 1.97. The van der Waals surface area contributed by atoms with E-state index in [9.17, 15) is 4.79 Å². The van der Waals surface area contributed by atoms with E-state index in [1.165, 1.54) is 57.9 Å². The zero-order valence-electron chi connectivity index (χ0n) is 15.0. The number of amides is 1. The maximum absolute atomic E-state index is 10.6. The molecule has 4 N–H and O–H groups in total. The van der Waals surface area contributed by atoms with Gasteiger partial charge in [0.25, 0.3) is 0 Å². The summed E-state index contributed by atoms with van der Waals surface area (Å²) >= 11 is 1.30. The number of carbonyl (C=O) groups excluding carboxylic acids is 1. The van der Waals surface area contributed by atoms with Gasteiger partial charge in [0.2, 0.25) is 0 Å². The van der Waals surface area contributed by atoms with Gasteiger partial charge in [-0.3, -0.25) is 0 Å². The molecule has 1 saturated carbocycles. The van der Waals surface area contributed by atoms with Crippen molar-refractivity contribution >= 4 is 16.1 Å². The third kappa shape index (κ3) is 8.77. The van der Waals surface area contributed by atoms with E-state index in [1.807, 2.05) is 4.40 Å². The van der Waals surface area contributed by atoms with Gasteiger partial charge < -0.3 is 0 Å². The summed E-state index contributed by atoms with van der Waals surface area (Å²) in [5.74, 6) is 1.87. The second-order valence-corrected chi connectivity index (χ2v) is 7.75. The van der Waals surface area contributed by atoms with E-state index in [0.29, 0.717) is 5.92 Å². The normalized spacial score (nSPS) is 23.2. The number of likely N-dealkylation sites (tertiary alicyclic amines) is 1. The topological polar surface area (TPSA) is 84.7 Å². The molecule has 2 fully saturated rings. The number of nitrogens with zero attached hydrogens (tertiary/aromatic N) is 2. The second kappa shape index (κ2) is 11.6. The Hall–Kier alpha value is -0.962. The molecule has 24 heavy (non-hydrogen) atoms. The molecule has 5 nitrogen and oxygen atoms in total. The van der Waals surface area contributed by atoms with E-state index in [1.54, 1.807) is 0 Å². The Kier molecular flexibility index (Phi) is 10.2. The summed E-state index contributed by atoms with van der Waals surface area (Å²) in [6.07, 6.45) is 12.1. The predicted octanol–water partition coefficient (Wildman–Crippen LogP) is 2.14. The van der Waals surface area contributed by atoms with E-state index >= 15 is 0 Å². The third-order valence-electron chi connectivity index (χ3n) is 4.47. The van der Waals surface area contributed by atoms with E-state index in [4.69, 9.17) is 11.5 Å². The first-order chi connectivity index (χ1) is 11.4. The van der Waals surface area contributed by atoms with E-state index in [-0.39, 0.29) is 5.82 Å². The fraction of sp³-hybridized carbons (Fsp3) is 0.722. The Bertz CT molecular complexity index is 470. The average molecular weight is 503 g/mol. The first-order valence-corrected chi connectivity index (χ1v) is 10.6. The number of hydrogen-bond donors (Lipinski definition) is 2. The number of aliphatic imine (C=N–C) groups is 1. The van der Waals surface area contributed by atoms with E-state index in [0.717, 1.165) is 31.3 Å². The number of nitrogens with two attached hydrogens (primary N) is 2. The van der Waals surface area contributed by atoms with Crippen molar-refractivity contribution in [3.05, 3.63) is 11.9 Å². The van der Waals surface area contributed by atoms with Crippen molar-refractivity contribution in [2.75, 3.05) is 13.1 Å². The molecule has 1 atom stereocenters. The van der Waals surface area contributed by atoms with Gasteiger partial charge in [-0.25, -0.2) is 0 Å². The Morgan fingerprint density at radius 1 is 1.12 bits per heavy atom. The van der Waals surface area contributed by atoms with Gasteiger partial charge in [0.15, 0.2) is 0 Å². The number of piperidine rings is 1. The Morgan fingerprint density at radius 3 is 2.21 bits per heavy atom. The number of carbonyl (C=O) groups is 1. The van der Waals surface area contributed by atoms with Crippen LogP contribution < -0.4 is 11.5 Å². The van der Waals surface area contributed by atoms with Crippen LogP contribution in [-0.2, 0) is 24.1 Å².